The molecule has 2 aromatic heterocycles. The highest BCUT2D eigenvalue weighted by molar-refractivity contribution is 7.13. The molecule has 0 fully saturated rings. The van der Waals surface area contributed by atoms with Crippen molar-refractivity contribution in [3.05, 3.63) is 95.7 Å². The van der Waals surface area contributed by atoms with Crippen molar-refractivity contribution in [1.29, 1.82) is 0 Å². The molecule has 0 atom stereocenters. The van der Waals surface area contributed by atoms with Crippen LogP contribution in [0.2, 0.25) is 0 Å². The second kappa shape index (κ2) is 7.93. The third-order valence-electron chi connectivity index (χ3n) is 4.79. The average Bonchev–Trinajstić information content (AvgIpc) is 3.47. The van der Waals surface area contributed by atoms with Gasteiger partial charge in [-0.05, 0) is 29.8 Å². The lowest BCUT2D eigenvalue weighted by molar-refractivity contribution is 0.0951. The lowest BCUT2D eigenvalue weighted by atomic mass is 10.1. The minimum Gasteiger partial charge on any atom is -0.443 e. The van der Waals surface area contributed by atoms with Gasteiger partial charge in [-0.2, -0.15) is 0 Å². The van der Waals surface area contributed by atoms with Gasteiger partial charge in [0.05, 0.1) is 5.69 Å². The molecular weight excluding hydrogens is 394 g/mol. The number of fused-ring (bicyclic) bond motifs is 1. The molecule has 30 heavy (non-hydrogen) atoms. The molecule has 0 aliphatic heterocycles. The first kappa shape index (κ1) is 18.3. The molecule has 5 rings (SSSR count). The van der Waals surface area contributed by atoms with Crippen molar-refractivity contribution in [1.82, 2.24) is 15.3 Å². The van der Waals surface area contributed by atoms with Gasteiger partial charge in [0.25, 0.3) is 5.91 Å². The highest BCUT2D eigenvalue weighted by Gasteiger charge is 2.10. The van der Waals surface area contributed by atoms with Gasteiger partial charge in [-0.15, -0.1) is 11.3 Å². The van der Waals surface area contributed by atoms with Crippen molar-refractivity contribution in [2.45, 2.75) is 6.54 Å². The average molecular weight is 411 g/mol. The summed E-state index contributed by atoms with van der Waals surface area (Å²) in [5, 5.41) is 5.99. The van der Waals surface area contributed by atoms with E-state index in [1.165, 1.54) is 6.39 Å². The van der Waals surface area contributed by atoms with Gasteiger partial charge >= 0.3 is 0 Å². The third kappa shape index (κ3) is 3.73. The van der Waals surface area contributed by atoms with E-state index in [0.29, 0.717) is 23.2 Å². The summed E-state index contributed by atoms with van der Waals surface area (Å²) in [6.07, 6.45) is 1.37. The Bertz CT molecular complexity index is 1320. The number of rotatable bonds is 5. The fraction of sp³-hybridized carbons (Fsp3) is 0.0417. The monoisotopic (exact) mass is 411 g/mol. The Labute approximate surface area is 177 Å². The molecule has 1 N–H and O–H groups in total. The molecule has 0 spiro atoms. The lowest BCUT2D eigenvalue weighted by Gasteiger charge is -2.07. The quantitative estimate of drug-likeness (QED) is 0.412. The Hall–Kier alpha value is -3.77. The van der Waals surface area contributed by atoms with Crippen molar-refractivity contribution in [3.63, 3.8) is 0 Å². The van der Waals surface area contributed by atoms with E-state index >= 15 is 0 Å². The van der Waals surface area contributed by atoms with Crippen LogP contribution in [0.15, 0.2) is 89.0 Å². The molecule has 0 aliphatic carbocycles. The predicted octanol–water partition coefficient (Wildman–Crippen LogP) is 5.55. The number of nitrogens with zero attached hydrogens (tertiary/aromatic N) is 2. The number of hydrogen-bond donors (Lipinski definition) is 1. The van der Waals surface area contributed by atoms with E-state index in [2.05, 4.69) is 33.9 Å². The van der Waals surface area contributed by atoms with Crippen molar-refractivity contribution >= 4 is 28.3 Å². The van der Waals surface area contributed by atoms with Crippen molar-refractivity contribution in [2.75, 3.05) is 0 Å². The van der Waals surface area contributed by atoms with Gasteiger partial charge in [0, 0.05) is 28.6 Å². The van der Waals surface area contributed by atoms with E-state index in [-0.39, 0.29) is 5.91 Å². The largest absolute Gasteiger partial charge is 0.443 e. The number of hydrogen-bond acceptors (Lipinski definition) is 5. The number of aromatic nitrogens is 2. The summed E-state index contributed by atoms with van der Waals surface area (Å²) < 4.78 is 5.22. The van der Waals surface area contributed by atoms with Gasteiger partial charge in [0.15, 0.2) is 12.0 Å². The first-order valence-electron chi connectivity index (χ1n) is 9.48. The topological polar surface area (TPSA) is 68.0 Å². The number of benzene rings is 3. The van der Waals surface area contributed by atoms with Crippen LogP contribution in [0.4, 0.5) is 0 Å². The van der Waals surface area contributed by atoms with Gasteiger partial charge < -0.3 is 9.73 Å². The Morgan fingerprint density at radius 2 is 1.83 bits per heavy atom. The van der Waals surface area contributed by atoms with Gasteiger partial charge in [-0.25, -0.2) is 9.97 Å². The number of oxazole rings is 1. The molecule has 0 saturated heterocycles. The molecule has 2 heterocycles. The fourth-order valence-electron chi connectivity index (χ4n) is 3.25. The Balaban J connectivity index is 1.30. The maximum atomic E-state index is 12.5. The van der Waals surface area contributed by atoms with Crippen LogP contribution in [-0.4, -0.2) is 15.9 Å². The second-order valence-corrected chi connectivity index (χ2v) is 7.68. The molecule has 5 aromatic rings. The van der Waals surface area contributed by atoms with E-state index in [4.69, 9.17) is 9.40 Å². The zero-order valence-electron chi connectivity index (χ0n) is 15.9. The molecule has 0 radical (unpaired) electrons. The van der Waals surface area contributed by atoms with E-state index < -0.39 is 0 Å². The van der Waals surface area contributed by atoms with Crippen LogP contribution in [0.1, 0.15) is 15.9 Å². The number of carbonyl (C=O) groups excluding carboxylic acids is 1. The zero-order valence-corrected chi connectivity index (χ0v) is 16.7. The summed E-state index contributed by atoms with van der Waals surface area (Å²) in [6, 6.07) is 23.4. The van der Waals surface area contributed by atoms with Gasteiger partial charge in [0.2, 0.25) is 0 Å². The van der Waals surface area contributed by atoms with Crippen LogP contribution in [0.5, 0.6) is 0 Å². The van der Waals surface area contributed by atoms with Crippen LogP contribution < -0.4 is 5.32 Å². The Kier molecular flexibility index (Phi) is 4.83. The minimum absolute atomic E-state index is 0.147. The first-order valence-corrected chi connectivity index (χ1v) is 10.4. The summed E-state index contributed by atoms with van der Waals surface area (Å²) in [4.78, 5) is 21.4. The highest BCUT2D eigenvalue weighted by atomic mass is 32.1. The van der Waals surface area contributed by atoms with Crippen LogP contribution in [0.25, 0.3) is 32.9 Å². The Morgan fingerprint density at radius 3 is 2.73 bits per heavy atom. The van der Waals surface area contributed by atoms with Crippen molar-refractivity contribution < 1.29 is 9.21 Å². The number of thiazole rings is 1. The van der Waals surface area contributed by atoms with E-state index in [9.17, 15) is 4.79 Å². The maximum Gasteiger partial charge on any atom is 0.251 e. The third-order valence-corrected chi connectivity index (χ3v) is 5.68. The highest BCUT2D eigenvalue weighted by Crippen LogP contribution is 2.29. The molecule has 1 amide bonds. The summed E-state index contributed by atoms with van der Waals surface area (Å²) >= 11 is 1.62. The first-order chi connectivity index (χ1) is 14.8. The molecule has 146 valence electrons. The molecule has 0 saturated carbocycles. The van der Waals surface area contributed by atoms with Crippen LogP contribution in [0.3, 0.4) is 0 Å². The number of amides is 1. The maximum absolute atomic E-state index is 12.5. The van der Waals surface area contributed by atoms with Crippen LogP contribution in [-0.2, 0) is 6.54 Å². The molecule has 5 nitrogen and oxygen atoms in total. The van der Waals surface area contributed by atoms with Crippen LogP contribution >= 0.6 is 11.3 Å². The van der Waals surface area contributed by atoms with Gasteiger partial charge in [-0.3, -0.25) is 4.79 Å². The fourth-order valence-corrected chi connectivity index (χ4v) is 4.07. The van der Waals surface area contributed by atoms with Crippen molar-refractivity contribution in [2.24, 2.45) is 0 Å². The van der Waals surface area contributed by atoms with Crippen LogP contribution in [0, 0.1) is 0 Å². The number of nitrogens with one attached hydrogen (secondary N) is 1. The Morgan fingerprint density at radius 1 is 0.967 bits per heavy atom. The molecule has 0 unspecified atom stereocenters. The lowest BCUT2D eigenvalue weighted by Crippen LogP contribution is -2.22. The predicted molar refractivity (Wildman–Crippen MR) is 118 cm³/mol. The van der Waals surface area contributed by atoms with Gasteiger partial charge in [0.1, 0.15) is 10.5 Å². The minimum atomic E-state index is -0.147. The molecule has 3 aromatic carbocycles. The summed E-state index contributed by atoms with van der Waals surface area (Å²) in [5.41, 5.74) is 6.02. The molecular formula is C24H17N3O2S. The SMILES string of the molecule is O=C(NCc1cccc(-c2nc(-c3ccccc3)cs2)c1)c1ccc2ocnc2c1. The van der Waals surface area contributed by atoms with E-state index in [1.54, 1.807) is 29.5 Å². The zero-order chi connectivity index (χ0) is 20.3. The summed E-state index contributed by atoms with van der Waals surface area (Å²) in [7, 11) is 0. The van der Waals surface area contributed by atoms with E-state index in [0.717, 1.165) is 27.4 Å². The summed E-state index contributed by atoms with van der Waals surface area (Å²) in [6.45, 7) is 0.431. The van der Waals surface area contributed by atoms with E-state index in [1.807, 2.05) is 36.4 Å². The normalized spacial score (nSPS) is 10.9. The summed E-state index contributed by atoms with van der Waals surface area (Å²) in [5.74, 6) is -0.147. The number of carbonyl (C=O) groups is 1. The van der Waals surface area contributed by atoms with Crippen molar-refractivity contribution in [3.8, 4) is 21.8 Å². The molecule has 0 bridgehead atoms. The molecule has 0 aliphatic rings. The second-order valence-electron chi connectivity index (χ2n) is 6.82. The molecule has 6 heteroatoms. The smallest absolute Gasteiger partial charge is 0.251 e. The van der Waals surface area contributed by atoms with Gasteiger partial charge in [-0.1, -0.05) is 48.5 Å². The standard InChI is InChI=1S/C24H17N3O2S/c28-23(18-9-10-22-20(12-18)26-15-29-22)25-13-16-5-4-8-19(11-16)24-27-21(14-30-24)17-6-2-1-3-7-17/h1-12,14-15H,13H2,(H,25,28).